The van der Waals surface area contributed by atoms with E-state index in [2.05, 4.69) is 30.8 Å². The van der Waals surface area contributed by atoms with Crippen LogP contribution in [0.1, 0.15) is 12.5 Å². The average Bonchev–Trinajstić information content (AvgIpc) is 2.92. The van der Waals surface area contributed by atoms with Crippen molar-refractivity contribution in [3.8, 4) is 5.75 Å². The molecule has 0 saturated carbocycles. The number of sulfonamides is 1. The van der Waals surface area contributed by atoms with Gasteiger partial charge < -0.3 is 4.74 Å². The number of aromatic nitrogens is 2. The second-order valence-corrected chi connectivity index (χ2v) is 6.61. The SMILES string of the molecule is CCOc1ccc(Br)cc1S(=O)(=O)NCc1cn[nH]c1. The first-order chi connectivity index (χ1) is 9.53. The van der Waals surface area contributed by atoms with Gasteiger partial charge in [0.1, 0.15) is 10.6 Å². The zero-order chi connectivity index (χ0) is 14.6. The number of aromatic amines is 1. The van der Waals surface area contributed by atoms with Crippen LogP contribution in [0.5, 0.6) is 5.75 Å². The predicted molar refractivity (Wildman–Crippen MR) is 77.9 cm³/mol. The van der Waals surface area contributed by atoms with Crippen molar-refractivity contribution < 1.29 is 13.2 Å². The minimum atomic E-state index is -3.66. The topological polar surface area (TPSA) is 84.1 Å². The Kier molecular flexibility index (Phi) is 4.79. The van der Waals surface area contributed by atoms with Crippen LogP contribution in [0, 0.1) is 0 Å². The molecule has 108 valence electrons. The molecule has 2 rings (SSSR count). The van der Waals surface area contributed by atoms with E-state index in [4.69, 9.17) is 4.74 Å². The van der Waals surface area contributed by atoms with Gasteiger partial charge in [-0.1, -0.05) is 15.9 Å². The Bertz CT molecular complexity index is 671. The van der Waals surface area contributed by atoms with Gasteiger partial charge in [0.2, 0.25) is 10.0 Å². The van der Waals surface area contributed by atoms with E-state index in [0.717, 1.165) is 5.56 Å². The van der Waals surface area contributed by atoms with Gasteiger partial charge in [-0.25, -0.2) is 13.1 Å². The molecule has 20 heavy (non-hydrogen) atoms. The summed E-state index contributed by atoms with van der Waals surface area (Å²) in [5.41, 5.74) is 0.751. The van der Waals surface area contributed by atoms with Crippen molar-refractivity contribution in [1.82, 2.24) is 14.9 Å². The molecule has 0 saturated heterocycles. The van der Waals surface area contributed by atoms with E-state index in [0.29, 0.717) is 16.8 Å². The lowest BCUT2D eigenvalue weighted by Crippen LogP contribution is -2.23. The van der Waals surface area contributed by atoms with E-state index in [1.165, 1.54) is 6.07 Å². The lowest BCUT2D eigenvalue weighted by atomic mass is 10.3. The van der Waals surface area contributed by atoms with Crippen LogP contribution in [-0.2, 0) is 16.6 Å². The van der Waals surface area contributed by atoms with Gasteiger partial charge in [0.25, 0.3) is 0 Å². The van der Waals surface area contributed by atoms with Crippen molar-refractivity contribution in [2.45, 2.75) is 18.4 Å². The Morgan fingerprint density at radius 1 is 1.45 bits per heavy atom. The molecule has 0 aliphatic rings. The third-order valence-corrected chi connectivity index (χ3v) is 4.43. The van der Waals surface area contributed by atoms with Crippen LogP contribution < -0.4 is 9.46 Å². The van der Waals surface area contributed by atoms with E-state index in [9.17, 15) is 8.42 Å². The van der Waals surface area contributed by atoms with E-state index in [1.54, 1.807) is 31.5 Å². The number of H-pyrrole nitrogens is 1. The zero-order valence-electron chi connectivity index (χ0n) is 10.8. The van der Waals surface area contributed by atoms with Crippen molar-refractivity contribution in [3.63, 3.8) is 0 Å². The molecule has 2 N–H and O–H groups in total. The Labute approximate surface area is 125 Å². The summed E-state index contributed by atoms with van der Waals surface area (Å²) in [6.07, 6.45) is 3.19. The maximum Gasteiger partial charge on any atom is 0.244 e. The van der Waals surface area contributed by atoms with Crippen molar-refractivity contribution >= 4 is 26.0 Å². The molecule has 0 radical (unpaired) electrons. The van der Waals surface area contributed by atoms with Gasteiger partial charge >= 0.3 is 0 Å². The van der Waals surface area contributed by atoms with E-state index in [-0.39, 0.29) is 11.4 Å². The predicted octanol–water partition coefficient (Wildman–Crippen LogP) is 2.05. The Balaban J connectivity index is 2.26. The normalized spacial score (nSPS) is 11.5. The number of rotatable bonds is 6. The number of hydrogen-bond donors (Lipinski definition) is 2. The minimum Gasteiger partial charge on any atom is -0.492 e. The first-order valence-electron chi connectivity index (χ1n) is 5.92. The molecule has 0 aliphatic heterocycles. The van der Waals surface area contributed by atoms with Crippen molar-refractivity contribution in [3.05, 3.63) is 40.6 Å². The lowest BCUT2D eigenvalue weighted by Gasteiger charge is -2.12. The molecule has 1 heterocycles. The number of ether oxygens (including phenoxy) is 1. The number of nitrogens with zero attached hydrogens (tertiary/aromatic N) is 1. The van der Waals surface area contributed by atoms with Crippen LogP contribution in [0.4, 0.5) is 0 Å². The maximum atomic E-state index is 12.3. The van der Waals surface area contributed by atoms with Crippen LogP contribution >= 0.6 is 15.9 Å². The van der Waals surface area contributed by atoms with Gasteiger partial charge in [-0.3, -0.25) is 5.10 Å². The van der Waals surface area contributed by atoms with Crippen molar-refractivity contribution in [2.75, 3.05) is 6.61 Å². The smallest absolute Gasteiger partial charge is 0.244 e. The highest BCUT2D eigenvalue weighted by molar-refractivity contribution is 9.10. The zero-order valence-corrected chi connectivity index (χ0v) is 13.2. The molecule has 0 unspecified atom stereocenters. The Morgan fingerprint density at radius 2 is 2.25 bits per heavy atom. The summed E-state index contributed by atoms with van der Waals surface area (Å²) in [5.74, 6) is 0.329. The first-order valence-corrected chi connectivity index (χ1v) is 8.20. The van der Waals surface area contributed by atoms with Gasteiger partial charge in [0.05, 0.1) is 12.8 Å². The molecule has 8 heteroatoms. The fourth-order valence-electron chi connectivity index (χ4n) is 1.60. The third kappa shape index (κ3) is 3.59. The first kappa shape index (κ1) is 15.0. The summed E-state index contributed by atoms with van der Waals surface area (Å²) in [5, 5.41) is 6.39. The molecule has 1 aromatic heterocycles. The van der Waals surface area contributed by atoms with Gasteiger partial charge in [0, 0.05) is 22.8 Å². The number of hydrogen-bond acceptors (Lipinski definition) is 4. The molecule has 0 fully saturated rings. The summed E-state index contributed by atoms with van der Waals surface area (Å²) < 4.78 is 33.2. The summed E-state index contributed by atoms with van der Waals surface area (Å²) in [6, 6.07) is 4.88. The summed E-state index contributed by atoms with van der Waals surface area (Å²) in [4.78, 5) is 0.109. The second kappa shape index (κ2) is 6.38. The molecular weight excluding hydrogens is 346 g/mol. The molecule has 0 atom stereocenters. The van der Waals surface area contributed by atoms with Gasteiger partial charge in [-0.05, 0) is 25.1 Å². The highest BCUT2D eigenvalue weighted by Gasteiger charge is 2.20. The fourth-order valence-corrected chi connectivity index (χ4v) is 3.30. The van der Waals surface area contributed by atoms with Gasteiger partial charge in [0.15, 0.2) is 0 Å². The highest BCUT2D eigenvalue weighted by Crippen LogP contribution is 2.27. The van der Waals surface area contributed by atoms with Crippen LogP contribution in [-0.4, -0.2) is 25.2 Å². The minimum absolute atomic E-state index is 0.109. The van der Waals surface area contributed by atoms with Gasteiger partial charge in [-0.15, -0.1) is 0 Å². The quantitative estimate of drug-likeness (QED) is 0.826. The van der Waals surface area contributed by atoms with Crippen LogP contribution in [0.2, 0.25) is 0 Å². The molecule has 1 aromatic carbocycles. The van der Waals surface area contributed by atoms with Crippen LogP contribution in [0.25, 0.3) is 0 Å². The molecule has 0 spiro atoms. The Hall–Kier alpha value is -1.38. The van der Waals surface area contributed by atoms with E-state index < -0.39 is 10.0 Å². The summed E-state index contributed by atoms with van der Waals surface area (Å²) >= 11 is 3.27. The number of nitrogens with one attached hydrogen (secondary N) is 2. The van der Waals surface area contributed by atoms with Crippen LogP contribution in [0.15, 0.2) is 40.0 Å². The Morgan fingerprint density at radius 3 is 2.90 bits per heavy atom. The van der Waals surface area contributed by atoms with Crippen molar-refractivity contribution in [1.29, 1.82) is 0 Å². The van der Waals surface area contributed by atoms with Gasteiger partial charge in [-0.2, -0.15) is 5.10 Å². The van der Waals surface area contributed by atoms with E-state index in [1.807, 2.05) is 0 Å². The standard InChI is InChI=1S/C12H14BrN3O3S/c1-2-19-11-4-3-10(13)5-12(11)20(17,18)16-8-9-6-14-15-7-9/h3-7,16H,2,8H2,1H3,(H,14,15). The molecule has 0 bridgehead atoms. The largest absolute Gasteiger partial charge is 0.492 e. The maximum absolute atomic E-state index is 12.3. The van der Waals surface area contributed by atoms with E-state index >= 15 is 0 Å². The summed E-state index contributed by atoms with van der Waals surface area (Å²) in [7, 11) is -3.66. The molecule has 6 nitrogen and oxygen atoms in total. The number of benzene rings is 1. The third-order valence-electron chi connectivity index (χ3n) is 2.52. The molecule has 0 amide bonds. The highest BCUT2D eigenvalue weighted by atomic mass is 79.9. The molecule has 0 aliphatic carbocycles. The molecular formula is C12H14BrN3O3S. The molecule has 2 aromatic rings. The fraction of sp³-hybridized carbons (Fsp3) is 0.250. The summed E-state index contributed by atoms with van der Waals surface area (Å²) in [6.45, 7) is 2.36. The van der Waals surface area contributed by atoms with Crippen molar-refractivity contribution in [2.24, 2.45) is 0 Å². The average molecular weight is 360 g/mol. The van der Waals surface area contributed by atoms with Crippen LogP contribution in [0.3, 0.4) is 0 Å². The monoisotopic (exact) mass is 359 g/mol. The number of halogens is 1. The lowest BCUT2D eigenvalue weighted by molar-refractivity contribution is 0.331. The second-order valence-electron chi connectivity index (χ2n) is 3.96.